The minimum absolute atomic E-state index is 0.128. The van der Waals surface area contributed by atoms with Crippen molar-refractivity contribution in [3.05, 3.63) is 29.3 Å². The number of rotatable bonds is 7. The van der Waals surface area contributed by atoms with Gasteiger partial charge >= 0.3 is 0 Å². The van der Waals surface area contributed by atoms with Crippen LogP contribution in [0.2, 0.25) is 0 Å². The van der Waals surface area contributed by atoms with E-state index in [4.69, 9.17) is 9.47 Å². The molecular weight excluding hydrogens is 336 g/mol. The van der Waals surface area contributed by atoms with Gasteiger partial charge in [0.05, 0.1) is 26.3 Å². The van der Waals surface area contributed by atoms with Crippen LogP contribution in [0, 0.1) is 5.92 Å². The number of likely N-dealkylation sites (N-methyl/N-ethyl adjacent to an activating group) is 1. The molecule has 25 heavy (non-hydrogen) atoms. The van der Waals surface area contributed by atoms with Crippen LogP contribution in [0.5, 0.6) is 11.5 Å². The summed E-state index contributed by atoms with van der Waals surface area (Å²) in [6.07, 6.45) is 2.81. The van der Waals surface area contributed by atoms with Gasteiger partial charge in [-0.25, -0.2) is 4.98 Å². The average molecular weight is 360 g/mol. The van der Waals surface area contributed by atoms with Gasteiger partial charge in [0.2, 0.25) is 5.91 Å². The van der Waals surface area contributed by atoms with Gasteiger partial charge in [-0.15, -0.1) is 11.3 Å². The maximum Gasteiger partial charge on any atom is 0.228 e. The topological polar surface area (TPSA) is 51.7 Å². The van der Waals surface area contributed by atoms with Crippen molar-refractivity contribution in [1.82, 2.24) is 9.88 Å². The largest absolute Gasteiger partial charge is 0.493 e. The van der Waals surface area contributed by atoms with Gasteiger partial charge in [0, 0.05) is 24.0 Å². The number of benzene rings is 1. The molecule has 1 amide bonds. The van der Waals surface area contributed by atoms with Crippen molar-refractivity contribution in [1.29, 1.82) is 0 Å². The van der Waals surface area contributed by atoms with E-state index in [0.717, 1.165) is 16.3 Å². The third-order valence-corrected chi connectivity index (χ3v) is 5.76. The standard InChI is InChI=1S/C19H24N2O3S/c1-12(13-5-6-13)21(2)18(22)10-15-11-25-19(20-15)14-7-8-16(23-3)17(9-14)24-4/h7-9,11-13H,5-6,10H2,1-4H3. The third-order valence-electron chi connectivity index (χ3n) is 4.82. The first-order valence-electron chi connectivity index (χ1n) is 8.46. The van der Waals surface area contributed by atoms with Gasteiger partial charge in [0.25, 0.3) is 0 Å². The fourth-order valence-corrected chi connectivity index (χ4v) is 3.71. The zero-order valence-corrected chi connectivity index (χ0v) is 15.9. The molecule has 0 N–H and O–H groups in total. The summed E-state index contributed by atoms with van der Waals surface area (Å²) in [5, 5.41) is 2.83. The van der Waals surface area contributed by atoms with Gasteiger partial charge in [-0.1, -0.05) is 0 Å². The van der Waals surface area contributed by atoms with Crippen LogP contribution in [0.15, 0.2) is 23.6 Å². The highest BCUT2D eigenvalue weighted by Crippen LogP contribution is 2.35. The number of hydrogen-bond acceptors (Lipinski definition) is 5. The Morgan fingerprint density at radius 2 is 2.04 bits per heavy atom. The second-order valence-corrected chi connectivity index (χ2v) is 7.33. The first-order valence-corrected chi connectivity index (χ1v) is 9.34. The van der Waals surface area contributed by atoms with E-state index in [1.165, 1.54) is 24.2 Å². The summed E-state index contributed by atoms with van der Waals surface area (Å²) in [5.41, 5.74) is 1.77. The molecule has 1 heterocycles. The molecule has 2 aromatic rings. The smallest absolute Gasteiger partial charge is 0.228 e. The van der Waals surface area contributed by atoms with Crippen LogP contribution in [-0.4, -0.2) is 43.1 Å². The lowest BCUT2D eigenvalue weighted by atomic mass is 10.1. The molecule has 1 aromatic heterocycles. The number of methoxy groups -OCH3 is 2. The second-order valence-electron chi connectivity index (χ2n) is 6.47. The molecule has 0 radical (unpaired) electrons. The molecule has 1 fully saturated rings. The van der Waals surface area contributed by atoms with Crippen molar-refractivity contribution in [3.63, 3.8) is 0 Å². The summed E-state index contributed by atoms with van der Waals surface area (Å²) < 4.78 is 10.6. The SMILES string of the molecule is COc1ccc(-c2nc(CC(=O)N(C)C(C)C3CC3)cs2)cc1OC. The number of ether oxygens (including phenoxy) is 2. The van der Waals surface area contributed by atoms with Crippen molar-refractivity contribution >= 4 is 17.2 Å². The molecule has 1 aliphatic rings. The zero-order valence-electron chi connectivity index (χ0n) is 15.1. The monoisotopic (exact) mass is 360 g/mol. The Morgan fingerprint density at radius 3 is 2.68 bits per heavy atom. The molecule has 0 saturated heterocycles. The molecule has 1 aliphatic carbocycles. The summed E-state index contributed by atoms with van der Waals surface area (Å²) in [7, 11) is 5.13. The van der Waals surface area contributed by atoms with E-state index >= 15 is 0 Å². The van der Waals surface area contributed by atoms with Crippen LogP contribution in [-0.2, 0) is 11.2 Å². The lowest BCUT2D eigenvalue weighted by Gasteiger charge is -2.24. The van der Waals surface area contributed by atoms with E-state index in [2.05, 4.69) is 11.9 Å². The highest BCUT2D eigenvalue weighted by molar-refractivity contribution is 7.13. The Morgan fingerprint density at radius 1 is 1.32 bits per heavy atom. The van der Waals surface area contributed by atoms with Crippen LogP contribution in [0.3, 0.4) is 0 Å². The normalized spacial score (nSPS) is 14.9. The predicted octanol–water partition coefficient (Wildman–Crippen LogP) is 3.63. The molecule has 1 aromatic carbocycles. The number of aromatic nitrogens is 1. The number of carbonyl (C=O) groups is 1. The Hall–Kier alpha value is -2.08. The van der Waals surface area contributed by atoms with E-state index < -0.39 is 0 Å². The van der Waals surface area contributed by atoms with Gasteiger partial charge in [0.15, 0.2) is 11.5 Å². The minimum atomic E-state index is 0.128. The van der Waals surface area contributed by atoms with E-state index in [-0.39, 0.29) is 5.91 Å². The lowest BCUT2D eigenvalue weighted by Crippen LogP contribution is -2.37. The lowest BCUT2D eigenvalue weighted by molar-refractivity contribution is -0.131. The molecule has 1 atom stereocenters. The van der Waals surface area contributed by atoms with Gasteiger partial charge in [-0.2, -0.15) is 0 Å². The quantitative estimate of drug-likeness (QED) is 0.757. The Labute approximate surface area is 152 Å². The number of nitrogens with zero attached hydrogens (tertiary/aromatic N) is 2. The Balaban J connectivity index is 1.70. The van der Waals surface area contributed by atoms with Crippen molar-refractivity contribution in [2.45, 2.75) is 32.2 Å². The fraction of sp³-hybridized carbons (Fsp3) is 0.474. The van der Waals surface area contributed by atoms with Crippen LogP contribution in [0.4, 0.5) is 0 Å². The number of amides is 1. The summed E-state index contributed by atoms with van der Waals surface area (Å²) in [6.45, 7) is 2.13. The molecular formula is C19H24N2O3S. The van der Waals surface area contributed by atoms with Crippen molar-refractivity contribution < 1.29 is 14.3 Å². The van der Waals surface area contributed by atoms with Crippen molar-refractivity contribution in [2.75, 3.05) is 21.3 Å². The third kappa shape index (κ3) is 3.95. The summed E-state index contributed by atoms with van der Waals surface area (Å²) in [5.74, 6) is 2.16. The molecule has 0 bridgehead atoms. The van der Waals surface area contributed by atoms with Crippen LogP contribution >= 0.6 is 11.3 Å². The zero-order chi connectivity index (χ0) is 18.0. The summed E-state index contributed by atoms with van der Waals surface area (Å²) in [4.78, 5) is 19.0. The molecule has 0 aliphatic heterocycles. The maximum atomic E-state index is 12.5. The summed E-state index contributed by atoms with van der Waals surface area (Å²) >= 11 is 1.54. The molecule has 3 rings (SSSR count). The van der Waals surface area contributed by atoms with Crippen LogP contribution in [0.25, 0.3) is 10.6 Å². The van der Waals surface area contributed by atoms with E-state index in [9.17, 15) is 4.79 Å². The van der Waals surface area contributed by atoms with Gasteiger partial charge in [-0.3, -0.25) is 4.79 Å². The highest BCUT2D eigenvalue weighted by atomic mass is 32.1. The van der Waals surface area contributed by atoms with Gasteiger partial charge in [0.1, 0.15) is 5.01 Å². The second kappa shape index (κ2) is 7.44. The predicted molar refractivity (Wildman–Crippen MR) is 99.3 cm³/mol. The first kappa shape index (κ1) is 17.7. The molecule has 5 nitrogen and oxygen atoms in total. The van der Waals surface area contributed by atoms with Gasteiger partial charge in [-0.05, 0) is 43.9 Å². The minimum Gasteiger partial charge on any atom is -0.493 e. The number of carbonyl (C=O) groups excluding carboxylic acids is 1. The maximum absolute atomic E-state index is 12.5. The Bertz CT molecular complexity index is 755. The van der Waals surface area contributed by atoms with E-state index in [1.54, 1.807) is 14.2 Å². The molecule has 1 unspecified atom stereocenters. The Kier molecular flexibility index (Phi) is 5.27. The van der Waals surface area contributed by atoms with Crippen LogP contribution in [0.1, 0.15) is 25.5 Å². The number of hydrogen-bond donors (Lipinski definition) is 0. The van der Waals surface area contributed by atoms with Crippen LogP contribution < -0.4 is 9.47 Å². The number of thiazole rings is 1. The van der Waals surface area contributed by atoms with E-state index in [1.807, 2.05) is 35.5 Å². The fourth-order valence-electron chi connectivity index (χ4n) is 2.89. The van der Waals surface area contributed by atoms with Gasteiger partial charge < -0.3 is 14.4 Å². The first-order chi connectivity index (χ1) is 12.0. The molecule has 1 saturated carbocycles. The molecule has 134 valence electrons. The highest BCUT2D eigenvalue weighted by Gasteiger charge is 2.32. The van der Waals surface area contributed by atoms with Crippen molar-refractivity contribution in [2.24, 2.45) is 5.92 Å². The average Bonchev–Trinajstić information content (AvgIpc) is 3.39. The molecule has 0 spiro atoms. The molecule has 6 heteroatoms. The summed E-state index contributed by atoms with van der Waals surface area (Å²) in [6, 6.07) is 6.04. The van der Waals surface area contributed by atoms with E-state index in [0.29, 0.717) is 29.9 Å². The van der Waals surface area contributed by atoms with Crippen molar-refractivity contribution in [3.8, 4) is 22.1 Å².